The zero-order valence-corrected chi connectivity index (χ0v) is 7.68. The van der Waals surface area contributed by atoms with Gasteiger partial charge in [0.25, 0.3) is 0 Å². The van der Waals surface area contributed by atoms with Crippen molar-refractivity contribution in [2.75, 3.05) is 6.61 Å². The second-order valence-corrected chi connectivity index (χ2v) is 3.02. The largest absolute Gasteiger partial charge is 0.396 e. The van der Waals surface area contributed by atoms with Gasteiger partial charge in [0.05, 0.1) is 5.71 Å². The number of aliphatic hydroxyl groups is 1. The Kier molecular flexibility index (Phi) is 2.60. The summed E-state index contributed by atoms with van der Waals surface area (Å²) in [6.07, 6.45) is 4.32. The third-order valence-electron chi connectivity index (χ3n) is 2.00. The van der Waals surface area contributed by atoms with E-state index in [9.17, 15) is 0 Å². The Morgan fingerprint density at radius 2 is 2.07 bits per heavy atom. The first-order valence-corrected chi connectivity index (χ1v) is 4.52. The van der Waals surface area contributed by atoms with Crippen molar-refractivity contribution in [3.05, 3.63) is 35.9 Å². The number of allylic oxidation sites excluding steroid dienone is 1. The van der Waals surface area contributed by atoms with Gasteiger partial charge in [-0.05, 0) is 18.2 Å². The molecular weight excluding hydrogens is 178 g/mol. The van der Waals surface area contributed by atoms with Crippen LogP contribution >= 0.6 is 0 Å². The standard InChI is InChI=1S/C11H11NO2/c13-8-7-10-6-5-9-3-1-2-4-11(9)14-12-10/h1-6,13H,7-8H2. The Labute approximate surface area is 82.3 Å². The van der Waals surface area contributed by atoms with E-state index >= 15 is 0 Å². The average Bonchev–Trinajstić information content (AvgIpc) is 2.42. The monoisotopic (exact) mass is 189 g/mol. The van der Waals surface area contributed by atoms with Gasteiger partial charge in [-0.1, -0.05) is 23.4 Å². The van der Waals surface area contributed by atoms with E-state index in [0.29, 0.717) is 6.42 Å². The first-order valence-electron chi connectivity index (χ1n) is 4.52. The summed E-state index contributed by atoms with van der Waals surface area (Å²) in [6.45, 7) is 0.0862. The minimum atomic E-state index is 0.0862. The molecule has 2 rings (SSSR count). The molecule has 1 N–H and O–H groups in total. The molecule has 0 aromatic heterocycles. The fourth-order valence-electron chi connectivity index (χ4n) is 1.27. The molecule has 72 valence electrons. The maximum atomic E-state index is 8.76. The highest BCUT2D eigenvalue weighted by Crippen LogP contribution is 2.21. The van der Waals surface area contributed by atoms with E-state index in [4.69, 9.17) is 9.94 Å². The van der Waals surface area contributed by atoms with Crippen molar-refractivity contribution in [1.29, 1.82) is 0 Å². The fraction of sp³-hybridized carbons (Fsp3) is 0.182. The van der Waals surface area contributed by atoms with Crippen LogP contribution in [0.15, 0.2) is 35.5 Å². The predicted octanol–water partition coefficient (Wildman–Crippen LogP) is 1.83. The third-order valence-corrected chi connectivity index (χ3v) is 2.00. The average molecular weight is 189 g/mol. The lowest BCUT2D eigenvalue weighted by Gasteiger charge is -2.00. The van der Waals surface area contributed by atoms with Crippen LogP contribution in [-0.2, 0) is 0 Å². The van der Waals surface area contributed by atoms with Gasteiger partial charge in [-0.15, -0.1) is 0 Å². The Hall–Kier alpha value is -1.61. The Morgan fingerprint density at radius 3 is 2.93 bits per heavy atom. The molecule has 14 heavy (non-hydrogen) atoms. The number of rotatable bonds is 2. The van der Waals surface area contributed by atoms with Crippen molar-refractivity contribution in [2.24, 2.45) is 5.16 Å². The maximum absolute atomic E-state index is 8.76. The Balaban J connectivity index is 2.27. The second kappa shape index (κ2) is 4.07. The van der Waals surface area contributed by atoms with Gasteiger partial charge in [0.1, 0.15) is 0 Å². The summed E-state index contributed by atoms with van der Waals surface area (Å²) in [5, 5.41) is 12.7. The molecule has 1 heterocycles. The van der Waals surface area contributed by atoms with Gasteiger partial charge in [-0.25, -0.2) is 0 Å². The van der Waals surface area contributed by atoms with Crippen LogP contribution in [0.4, 0.5) is 0 Å². The van der Waals surface area contributed by atoms with Crippen LogP contribution in [0.3, 0.4) is 0 Å². The SMILES string of the molecule is OCCC1=NOc2ccccc2C=C1. The van der Waals surface area contributed by atoms with Crippen LogP contribution in [0.2, 0.25) is 0 Å². The van der Waals surface area contributed by atoms with Crippen molar-refractivity contribution < 1.29 is 9.94 Å². The van der Waals surface area contributed by atoms with E-state index in [2.05, 4.69) is 5.16 Å². The molecular formula is C11H11NO2. The van der Waals surface area contributed by atoms with Crippen LogP contribution in [0.25, 0.3) is 6.08 Å². The number of benzene rings is 1. The molecule has 1 aliphatic heterocycles. The van der Waals surface area contributed by atoms with Crippen molar-refractivity contribution >= 4 is 11.8 Å². The predicted molar refractivity (Wildman–Crippen MR) is 55.2 cm³/mol. The first kappa shape index (κ1) is 8.97. The lowest BCUT2D eigenvalue weighted by Crippen LogP contribution is -1.98. The zero-order chi connectivity index (χ0) is 9.80. The molecule has 3 heteroatoms. The van der Waals surface area contributed by atoms with Crippen molar-refractivity contribution in [3.63, 3.8) is 0 Å². The van der Waals surface area contributed by atoms with Gasteiger partial charge in [-0.2, -0.15) is 0 Å². The minimum Gasteiger partial charge on any atom is -0.396 e. The number of nitrogens with zero attached hydrogens (tertiary/aromatic N) is 1. The van der Waals surface area contributed by atoms with Gasteiger partial charge in [0, 0.05) is 18.6 Å². The number of oxime groups is 1. The molecule has 0 spiro atoms. The molecule has 0 fully saturated rings. The number of aliphatic hydroxyl groups excluding tert-OH is 1. The van der Waals surface area contributed by atoms with Crippen molar-refractivity contribution in [2.45, 2.75) is 6.42 Å². The molecule has 0 atom stereocenters. The summed E-state index contributed by atoms with van der Waals surface area (Å²) in [4.78, 5) is 5.23. The Morgan fingerprint density at radius 1 is 1.21 bits per heavy atom. The van der Waals surface area contributed by atoms with E-state index in [1.54, 1.807) is 0 Å². The minimum absolute atomic E-state index is 0.0862. The molecule has 1 aromatic rings. The second-order valence-electron chi connectivity index (χ2n) is 3.02. The van der Waals surface area contributed by atoms with Crippen LogP contribution in [0.1, 0.15) is 12.0 Å². The normalized spacial score (nSPS) is 13.9. The van der Waals surface area contributed by atoms with E-state index in [0.717, 1.165) is 17.0 Å². The molecule has 0 unspecified atom stereocenters. The summed E-state index contributed by atoms with van der Waals surface area (Å²) in [7, 11) is 0. The first-order chi connectivity index (χ1) is 6.90. The van der Waals surface area contributed by atoms with Crippen LogP contribution in [0, 0.1) is 0 Å². The van der Waals surface area contributed by atoms with Crippen LogP contribution in [-0.4, -0.2) is 17.4 Å². The molecule has 0 aliphatic carbocycles. The lowest BCUT2D eigenvalue weighted by molar-refractivity contribution is 0.301. The number of hydrogen-bond acceptors (Lipinski definition) is 3. The van der Waals surface area contributed by atoms with Gasteiger partial charge >= 0.3 is 0 Å². The Bertz CT molecular complexity index is 383. The zero-order valence-electron chi connectivity index (χ0n) is 7.68. The molecule has 0 saturated heterocycles. The summed E-state index contributed by atoms with van der Waals surface area (Å²) >= 11 is 0. The lowest BCUT2D eigenvalue weighted by atomic mass is 10.1. The molecule has 0 saturated carbocycles. The number of hydrogen-bond donors (Lipinski definition) is 1. The summed E-state index contributed by atoms with van der Waals surface area (Å²) in [5.41, 5.74) is 1.76. The van der Waals surface area contributed by atoms with Crippen molar-refractivity contribution in [3.8, 4) is 5.75 Å². The van der Waals surface area contributed by atoms with Crippen LogP contribution in [0.5, 0.6) is 5.75 Å². The van der Waals surface area contributed by atoms with Gasteiger partial charge in [-0.3, -0.25) is 0 Å². The molecule has 0 bridgehead atoms. The van der Waals surface area contributed by atoms with E-state index in [1.807, 2.05) is 36.4 Å². The summed E-state index contributed by atoms with van der Waals surface area (Å²) in [6, 6.07) is 7.68. The van der Waals surface area contributed by atoms with E-state index in [1.165, 1.54) is 0 Å². The summed E-state index contributed by atoms with van der Waals surface area (Å²) in [5.74, 6) is 0.747. The smallest absolute Gasteiger partial charge is 0.165 e. The number of para-hydroxylation sites is 1. The summed E-state index contributed by atoms with van der Waals surface area (Å²) < 4.78 is 0. The third kappa shape index (κ3) is 1.83. The van der Waals surface area contributed by atoms with Gasteiger partial charge < -0.3 is 9.94 Å². The quantitative estimate of drug-likeness (QED) is 0.771. The molecule has 3 nitrogen and oxygen atoms in total. The van der Waals surface area contributed by atoms with Crippen molar-refractivity contribution in [1.82, 2.24) is 0 Å². The highest BCUT2D eigenvalue weighted by atomic mass is 16.6. The van der Waals surface area contributed by atoms with Crippen LogP contribution < -0.4 is 4.84 Å². The van der Waals surface area contributed by atoms with Gasteiger partial charge in [0.15, 0.2) is 5.75 Å². The molecule has 0 radical (unpaired) electrons. The number of fused-ring (bicyclic) bond motifs is 1. The highest BCUT2D eigenvalue weighted by molar-refractivity contribution is 5.98. The molecule has 1 aromatic carbocycles. The van der Waals surface area contributed by atoms with E-state index in [-0.39, 0.29) is 6.61 Å². The fourth-order valence-corrected chi connectivity index (χ4v) is 1.27. The molecule has 0 amide bonds. The van der Waals surface area contributed by atoms with Gasteiger partial charge in [0.2, 0.25) is 0 Å². The maximum Gasteiger partial charge on any atom is 0.165 e. The van der Waals surface area contributed by atoms with E-state index < -0.39 is 0 Å². The topological polar surface area (TPSA) is 41.8 Å². The highest BCUT2D eigenvalue weighted by Gasteiger charge is 2.05. The molecule has 1 aliphatic rings.